The highest BCUT2D eigenvalue weighted by atomic mass is 19.4. The third-order valence-corrected chi connectivity index (χ3v) is 4.53. The van der Waals surface area contributed by atoms with Crippen LogP contribution in [-0.2, 0) is 15.7 Å². The standard InChI is InChI=1S/C20H21F3N4O3/c1-27(2)17-8-5-12(11-24-17)18(28)26-15-7-6-13(10-14(15)20(21,22)23)25-19(29)16-4-3-9-30-16/h5-8,10-11,16H,3-4,9H2,1-2H3,(H,25,29)(H,26,28). The van der Waals surface area contributed by atoms with Gasteiger partial charge in [-0.15, -0.1) is 0 Å². The molecule has 1 aliphatic heterocycles. The Bertz CT molecular complexity index is 924. The molecule has 2 aromatic rings. The van der Waals surface area contributed by atoms with E-state index in [0.29, 0.717) is 18.8 Å². The number of nitrogens with one attached hydrogen (secondary N) is 2. The quantitative estimate of drug-likeness (QED) is 0.770. The fourth-order valence-corrected chi connectivity index (χ4v) is 2.95. The summed E-state index contributed by atoms with van der Waals surface area (Å²) in [5.74, 6) is -0.618. The number of carbonyl (C=O) groups excluding carboxylic acids is 2. The molecule has 1 atom stereocenters. The normalized spacial score (nSPS) is 16.2. The zero-order valence-corrected chi connectivity index (χ0v) is 16.4. The second-order valence-corrected chi connectivity index (χ2v) is 7.00. The van der Waals surface area contributed by atoms with Gasteiger partial charge in [-0.05, 0) is 43.2 Å². The molecule has 30 heavy (non-hydrogen) atoms. The summed E-state index contributed by atoms with van der Waals surface area (Å²) < 4.78 is 45.9. The molecule has 1 aromatic heterocycles. The van der Waals surface area contributed by atoms with Crippen molar-refractivity contribution in [2.75, 3.05) is 36.2 Å². The second kappa shape index (κ2) is 8.70. The molecule has 2 heterocycles. The Labute approximate surface area is 171 Å². The lowest BCUT2D eigenvalue weighted by atomic mass is 10.1. The number of alkyl halides is 3. The van der Waals surface area contributed by atoms with E-state index in [2.05, 4.69) is 15.6 Å². The van der Waals surface area contributed by atoms with Gasteiger partial charge in [0, 0.05) is 32.6 Å². The lowest BCUT2D eigenvalue weighted by molar-refractivity contribution is -0.137. The smallest absolute Gasteiger partial charge is 0.368 e. The Morgan fingerprint density at radius 1 is 1.17 bits per heavy atom. The number of nitrogens with zero attached hydrogens (tertiary/aromatic N) is 2. The van der Waals surface area contributed by atoms with E-state index in [1.165, 1.54) is 18.3 Å². The van der Waals surface area contributed by atoms with Gasteiger partial charge in [-0.25, -0.2) is 4.98 Å². The summed E-state index contributed by atoms with van der Waals surface area (Å²) in [7, 11) is 3.55. The second-order valence-electron chi connectivity index (χ2n) is 7.00. The number of pyridine rings is 1. The predicted octanol–water partition coefficient (Wildman–Crippen LogP) is 3.54. The van der Waals surface area contributed by atoms with Gasteiger partial charge in [0.05, 0.1) is 16.8 Å². The number of carbonyl (C=O) groups is 2. The lowest BCUT2D eigenvalue weighted by Gasteiger charge is -2.17. The molecule has 0 saturated carbocycles. The van der Waals surface area contributed by atoms with Crippen LogP contribution in [0.5, 0.6) is 0 Å². The van der Waals surface area contributed by atoms with Crippen molar-refractivity contribution in [3.63, 3.8) is 0 Å². The van der Waals surface area contributed by atoms with E-state index in [1.54, 1.807) is 25.1 Å². The SMILES string of the molecule is CN(C)c1ccc(C(=O)Nc2ccc(NC(=O)C3CCCO3)cc2C(F)(F)F)cn1. The average Bonchev–Trinajstić information content (AvgIpc) is 3.23. The van der Waals surface area contributed by atoms with Gasteiger partial charge >= 0.3 is 6.18 Å². The van der Waals surface area contributed by atoms with Crippen LogP contribution >= 0.6 is 0 Å². The Hall–Kier alpha value is -3.14. The van der Waals surface area contributed by atoms with Crippen molar-refractivity contribution in [1.29, 1.82) is 0 Å². The summed E-state index contributed by atoms with van der Waals surface area (Å²) in [5, 5.41) is 4.70. The number of hydrogen-bond acceptors (Lipinski definition) is 5. The minimum atomic E-state index is -4.74. The van der Waals surface area contributed by atoms with Gasteiger partial charge in [0.1, 0.15) is 11.9 Å². The molecule has 0 bridgehead atoms. The molecule has 1 aliphatic rings. The molecular formula is C20H21F3N4O3. The summed E-state index contributed by atoms with van der Waals surface area (Å²) in [6.45, 7) is 0.446. The Morgan fingerprint density at radius 2 is 1.93 bits per heavy atom. The minimum Gasteiger partial charge on any atom is -0.368 e. The van der Waals surface area contributed by atoms with E-state index < -0.39 is 35.3 Å². The van der Waals surface area contributed by atoms with E-state index in [-0.39, 0.29) is 11.3 Å². The van der Waals surface area contributed by atoms with Crippen LogP contribution in [0.4, 0.5) is 30.4 Å². The highest BCUT2D eigenvalue weighted by molar-refractivity contribution is 6.05. The largest absolute Gasteiger partial charge is 0.418 e. The summed E-state index contributed by atoms with van der Waals surface area (Å²) in [5.41, 5.74) is -1.40. The number of rotatable bonds is 5. The van der Waals surface area contributed by atoms with Crippen molar-refractivity contribution in [1.82, 2.24) is 4.98 Å². The number of aromatic nitrogens is 1. The van der Waals surface area contributed by atoms with E-state index in [4.69, 9.17) is 4.74 Å². The Morgan fingerprint density at radius 3 is 2.50 bits per heavy atom. The van der Waals surface area contributed by atoms with Gasteiger partial charge in [0.25, 0.3) is 11.8 Å². The van der Waals surface area contributed by atoms with E-state index in [1.807, 2.05) is 0 Å². The number of amides is 2. The fourth-order valence-electron chi connectivity index (χ4n) is 2.95. The molecule has 7 nitrogen and oxygen atoms in total. The molecule has 0 spiro atoms. The summed E-state index contributed by atoms with van der Waals surface area (Å²) in [6.07, 6.45) is -2.88. The molecule has 3 rings (SSSR count). The zero-order chi connectivity index (χ0) is 21.9. The van der Waals surface area contributed by atoms with Crippen LogP contribution in [0, 0.1) is 0 Å². The van der Waals surface area contributed by atoms with E-state index in [9.17, 15) is 22.8 Å². The van der Waals surface area contributed by atoms with Crippen molar-refractivity contribution in [2.24, 2.45) is 0 Å². The molecule has 0 aliphatic carbocycles. The van der Waals surface area contributed by atoms with Gasteiger partial charge in [-0.3, -0.25) is 9.59 Å². The van der Waals surface area contributed by atoms with Crippen LogP contribution in [0.3, 0.4) is 0 Å². The van der Waals surface area contributed by atoms with Crippen LogP contribution in [-0.4, -0.2) is 43.6 Å². The molecule has 2 amide bonds. The monoisotopic (exact) mass is 422 g/mol. The number of ether oxygens (including phenoxy) is 1. The number of benzene rings is 1. The first-order valence-electron chi connectivity index (χ1n) is 9.23. The van der Waals surface area contributed by atoms with Gasteiger partial charge in [-0.1, -0.05) is 0 Å². The Balaban J connectivity index is 1.79. The summed E-state index contributed by atoms with van der Waals surface area (Å²) >= 11 is 0. The maximum atomic E-state index is 13.6. The zero-order valence-electron chi connectivity index (χ0n) is 16.4. The van der Waals surface area contributed by atoms with Gasteiger partial charge in [0.15, 0.2) is 0 Å². The molecule has 10 heteroatoms. The van der Waals surface area contributed by atoms with Crippen molar-refractivity contribution in [3.05, 3.63) is 47.7 Å². The third kappa shape index (κ3) is 5.07. The maximum absolute atomic E-state index is 13.6. The molecule has 160 valence electrons. The van der Waals surface area contributed by atoms with E-state index in [0.717, 1.165) is 18.6 Å². The van der Waals surface area contributed by atoms with Crippen molar-refractivity contribution >= 4 is 29.0 Å². The number of anilines is 3. The third-order valence-electron chi connectivity index (χ3n) is 4.53. The van der Waals surface area contributed by atoms with Crippen molar-refractivity contribution in [2.45, 2.75) is 25.1 Å². The highest BCUT2D eigenvalue weighted by Gasteiger charge is 2.35. The van der Waals surface area contributed by atoms with Gasteiger partial charge < -0.3 is 20.3 Å². The first-order valence-corrected chi connectivity index (χ1v) is 9.23. The van der Waals surface area contributed by atoms with Crippen molar-refractivity contribution < 1.29 is 27.5 Å². The molecular weight excluding hydrogens is 401 g/mol. The van der Waals surface area contributed by atoms with Crippen LogP contribution in [0.15, 0.2) is 36.5 Å². The number of hydrogen-bond donors (Lipinski definition) is 2. The van der Waals surface area contributed by atoms with Crippen molar-refractivity contribution in [3.8, 4) is 0 Å². The Kier molecular flexibility index (Phi) is 6.25. The molecule has 0 radical (unpaired) electrons. The number of halogens is 3. The fraction of sp³-hybridized carbons (Fsp3) is 0.350. The molecule has 1 saturated heterocycles. The molecule has 1 unspecified atom stereocenters. The summed E-state index contributed by atoms with van der Waals surface area (Å²) in [6, 6.07) is 6.25. The van der Waals surface area contributed by atoms with E-state index >= 15 is 0 Å². The van der Waals surface area contributed by atoms with Gasteiger partial charge in [0.2, 0.25) is 0 Å². The van der Waals surface area contributed by atoms with Crippen LogP contribution < -0.4 is 15.5 Å². The van der Waals surface area contributed by atoms with Gasteiger partial charge in [-0.2, -0.15) is 13.2 Å². The first-order chi connectivity index (χ1) is 14.1. The first kappa shape index (κ1) is 21.6. The molecule has 2 N–H and O–H groups in total. The maximum Gasteiger partial charge on any atom is 0.418 e. The molecule has 1 aromatic carbocycles. The van der Waals surface area contributed by atoms with Crippen LogP contribution in [0.25, 0.3) is 0 Å². The predicted molar refractivity (Wildman–Crippen MR) is 106 cm³/mol. The van der Waals surface area contributed by atoms with Crippen LogP contribution in [0.2, 0.25) is 0 Å². The molecule has 1 fully saturated rings. The minimum absolute atomic E-state index is 0.0298. The topological polar surface area (TPSA) is 83.6 Å². The van der Waals surface area contributed by atoms with Crippen LogP contribution in [0.1, 0.15) is 28.8 Å². The highest BCUT2D eigenvalue weighted by Crippen LogP contribution is 2.37. The lowest BCUT2D eigenvalue weighted by Crippen LogP contribution is -2.27. The average molecular weight is 422 g/mol. The summed E-state index contributed by atoms with van der Waals surface area (Å²) in [4.78, 5) is 30.3.